The molecular formula is C10H14O5S. The van der Waals surface area contributed by atoms with Gasteiger partial charge < -0.3 is 9.47 Å². The van der Waals surface area contributed by atoms with Gasteiger partial charge in [-0.05, 0) is 24.3 Å². The monoisotopic (exact) mass is 246 g/mol. The van der Waals surface area contributed by atoms with E-state index in [1.807, 2.05) is 0 Å². The minimum absolute atomic E-state index is 0.00482. The highest BCUT2D eigenvalue weighted by Gasteiger charge is 2.01. The number of ether oxygens (including phenoxy) is 2. The maximum absolute atomic E-state index is 10.6. The first-order valence-corrected chi connectivity index (χ1v) is 6.44. The van der Waals surface area contributed by atoms with Crippen molar-refractivity contribution in [1.29, 1.82) is 0 Å². The second kappa shape index (κ2) is 5.72. The SMILES string of the molecule is COc1ccc(OCCOS(C)(=O)=O)cc1. The van der Waals surface area contributed by atoms with Gasteiger partial charge in [-0.2, -0.15) is 8.42 Å². The molecule has 0 radical (unpaired) electrons. The number of hydrogen-bond acceptors (Lipinski definition) is 5. The van der Waals surface area contributed by atoms with Gasteiger partial charge >= 0.3 is 0 Å². The molecule has 0 aromatic heterocycles. The molecule has 0 amide bonds. The normalized spacial score (nSPS) is 11.1. The van der Waals surface area contributed by atoms with Crippen LogP contribution in [0.2, 0.25) is 0 Å². The van der Waals surface area contributed by atoms with Gasteiger partial charge in [0.25, 0.3) is 10.1 Å². The Morgan fingerprint density at radius 3 is 2.12 bits per heavy atom. The molecule has 0 fully saturated rings. The van der Waals surface area contributed by atoms with Gasteiger partial charge in [0.15, 0.2) is 0 Å². The van der Waals surface area contributed by atoms with Crippen LogP contribution in [-0.2, 0) is 14.3 Å². The Morgan fingerprint density at radius 2 is 1.62 bits per heavy atom. The first-order chi connectivity index (χ1) is 7.51. The highest BCUT2D eigenvalue weighted by molar-refractivity contribution is 7.85. The van der Waals surface area contributed by atoms with Crippen molar-refractivity contribution in [3.8, 4) is 11.5 Å². The summed E-state index contributed by atoms with van der Waals surface area (Å²) in [7, 11) is -1.81. The predicted octanol–water partition coefficient (Wildman–Crippen LogP) is 1.05. The fourth-order valence-electron chi connectivity index (χ4n) is 1.02. The van der Waals surface area contributed by atoms with E-state index in [-0.39, 0.29) is 13.2 Å². The summed E-state index contributed by atoms with van der Waals surface area (Å²) in [6, 6.07) is 6.98. The molecule has 0 saturated carbocycles. The zero-order valence-corrected chi connectivity index (χ0v) is 9.99. The van der Waals surface area contributed by atoms with Crippen LogP contribution >= 0.6 is 0 Å². The van der Waals surface area contributed by atoms with E-state index >= 15 is 0 Å². The van der Waals surface area contributed by atoms with Crippen LogP contribution in [0.25, 0.3) is 0 Å². The van der Waals surface area contributed by atoms with Crippen molar-refractivity contribution in [2.75, 3.05) is 26.6 Å². The molecule has 1 rings (SSSR count). The average molecular weight is 246 g/mol. The molecule has 0 bridgehead atoms. The maximum atomic E-state index is 10.6. The smallest absolute Gasteiger partial charge is 0.264 e. The van der Waals surface area contributed by atoms with Crippen LogP contribution in [-0.4, -0.2) is 35.0 Å². The molecule has 0 unspecified atom stereocenters. The first kappa shape index (κ1) is 12.8. The molecular weight excluding hydrogens is 232 g/mol. The van der Waals surface area contributed by atoms with Crippen molar-refractivity contribution in [2.45, 2.75) is 0 Å². The summed E-state index contributed by atoms with van der Waals surface area (Å²) in [4.78, 5) is 0. The summed E-state index contributed by atoms with van der Waals surface area (Å²) in [5.41, 5.74) is 0. The van der Waals surface area contributed by atoms with Gasteiger partial charge in [-0.15, -0.1) is 0 Å². The lowest BCUT2D eigenvalue weighted by Gasteiger charge is -2.06. The van der Waals surface area contributed by atoms with E-state index < -0.39 is 10.1 Å². The van der Waals surface area contributed by atoms with Crippen LogP contribution < -0.4 is 9.47 Å². The van der Waals surface area contributed by atoms with Crippen molar-refractivity contribution >= 4 is 10.1 Å². The summed E-state index contributed by atoms with van der Waals surface area (Å²) >= 11 is 0. The lowest BCUT2D eigenvalue weighted by molar-refractivity contribution is 0.222. The van der Waals surface area contributed by atoms with Gasteiger partial charge in [0.1, 0.15) is 24.7 Å². The first-order valence-electron chi connectivity index (χ1n) is 4.62. The summed E-state index contributed by atoms with van der Waals surface area (Å²) in [5.74, 6) is 1.37. The molecule has 0 aliphatic heterocycles. The maximum Gasteiger partial charge on any atom is 0.264 e. The van der Waals surface area contributed by atoms with E-state index in [9.17, 15) is 8.42 Å². The van der Waals surface area contributed by atoms with E-state index in [0.29, 0.717) is 5.75 Å². The Bertz CT molecular complexity index is 409. The molecule has 90 valence electrons. The van der Waals surface area contributed by atoms with E-state index in [0.717, 1.165) is 12.0 Å². The molecule has 0 aliphatic carbocycles. The van der Waals surface area contributed by atoms with Crippen LogP contribution in [0.1, 0.15) is 0 Å². The van der Waals surface area contributed by atoms with E-state index in [2.05, 4.69) is 4.18 Å². The van der Waals surface area contributed by atoms with Gasteiger partial charge in [-0.25, -0.2) is 0 Å². The van der Waals surface area contributed by atoms with Crippen LogP contribution in [0.5, 0.6) is 11.5 Å². The Kier molecular flexibility index (Phi) is 4.57. The largest absolute Gasteiger partial charge is 0.497 e. The minimum atomic E-state index is -3.39. The second-order valence-corrected chi connectivity index (χ2v) is 4.69. The van der Waals surface area contributed by atoms with E-state index in [1.54, 1.807) is 31.4 Å². The Labute approximate surface area is 95.1 Å². The molecule has 0 aliphatic rings. The molecule has 0 N–H and O–H groups in total. The Morgan fingerprint density at radius 1 is 1.06 bits per heavy atom. The third kappa shape index (κ3) is 4.99. The topological polar surface area (TPSA) is 61.8 Å². The second-order valence-electron chi connectivity index (χ2n) is 3.05. The number of benzene rings is 1. The molecule has 0 saturated heterocycles. The molecule has 0 atom stereocenters. The van der Waals surface area contributed by atoms with Crippen LogP contribution in [0, 0.1) is 0 Å². The number of hydrogen-bond donors (Lipinski definition) is 0. The molecule has 1 aromatic carbocycles. The lowest BCUT2D eigenvalue weighted by Crippen LogP contribution is -2.11. The van der Waals surface area contributed by atoms with Gasteiger partial charge in [-0.1, -0.05) is 0 Å². The highest BCUT2D eigenvalue weighted by Crippen LogP contribution is 2.16. The lowest BCUT2D eigenvalue weighted by atomic mass is 10.3. The number of methoxy groups -OCH3 is 1. The summed E-state index contributed by atoms with van der Waals surface area (Å²) in [6.45, 7) is 0.185. The van der Waals surface area contributed by atoms with Gasteiger partial charge in [-0.3, -0.25) is 4.18 Å². The fourth-order valence-corrected chi connectivity index (χ4v) is 1.39. The van der Waals surface area contributed by atoms with Crippen molar-refractivity contribution in [2.24, 2.45) is 0 Å². The standard InChI is InChI=1S/C10H14O5S/c1-13-9-3-5-10(6-4-9)14-7-8-15-16(2,11)12/h3-6H,7-8H2,1-2H3. The van der Waals surface area contributed by atoms with Crippen molar-refractivity contribution in [3.63, 3.8) is 0 Å². The zero-order valence-electron chi connectivity index (χ0n) is 9.17. The van der Waals surface area contributed by atoms with Crippen molar-refractivity contribution in [3.05, 3.63) is 24.3 Å². The molecule has 5 nitrogen and oxygen atoms in total. The molecule has 16 heavy (non-hydrogen) atoms. The van der Waals surface area contributed by atoms with Crippen LogP contribution in [0.3, 0.4) is 0 Å². The predicted molar refractivity (Wildman–Crippen MR) is 59.3 cm³/mol. The molecule has 0 spiro atoms. The van der Waals surface area contributed by atoms with E-state index in [1.165, 1.54) is 0 Å². The zero-order chi connectivity index (χ0) is 12.0. The summed E-state index contributed by atoms with van der Waals surface area (Å²) < 4.78 is 36.0. The summed E-state index contributed by atoms with van der Waals surface area (Å²) in [5, 5.41) is 0. The molecule has 1 aromatic rings. The highest BCUT2D eigenvalue weighted by atomic mass is 32.2. The molecule has 6 heteroatoms. The quantitative estimate of drug-likeness (QED) is 0.554. The third-order valence-corrected chi connectivity index (χ3v) is 2.30. The Hall–Kier alpha value is -1.27. The van der Waals surface area contributed by atoms with Crippen LogP contribution in [0.15, 0.2) is 24.3 Å². The molecule has 0 heterocycles. The van der Waals surface area contributed by atoms with Gasteiger partial charge in [0.2, 0.25) is 0 Å². The van der Waals surface area contributed by atoms with Crippen molar-refractivity contribution in [1.82, 2.24) is 0 Å². The minimum Gasteiger partial charge on any atom is -0.497 e. The van der Waals surface area contributed by atoms with Crippen LogP contribution in [0.4, 0.5) is 0 Å². The number of rotatable bonds is 6. The third-order valence-electron chi connectivity index (χ3n) is 1.71. The van der Waals surface area contributed by atoms with Gasteiger partial charge in [0, 0.05) is 0 Å². The Balaban J connectivity index is 2.32. The van der Waals surface area contributed by atoms with Crippen molar-refractivity contribution < 1.29 is 22.1 Å². The summed E-state index contributed by atoms with van der Waals surface area (Å²) in [6.07, 6.45) is 1.00. The van der Waals surface area contributed by atoms with Gasteiger partial charge in [0.05, 0.1) is 13.4 Å². The average Bonchev–Trinajstić information content (AvgIpc) is 2.24. The van der Waals surface area contributed by atoms with E-state index in [4.69, 9.17) is 9.47 Å². The fraction of sp³-hybridized carbons (Fsp3) is 0.400.